The van der Waals surface area contributed by atoms with E-state index in [9.17, 15) is 9.90 Å². The smallest absolute Gasteiger partial charge is 0.337 e. The van der Waals surface area contributed by atoms with E-state index < -0.39 is 5.97 Å². The summed E-state index contributed by atoms with van der Waals surface area (Å²) in [5.41, 5.74) is 5.60. The van der Waals surface area contributed by atoms with Crippen LogP contribution in [0.5, 0.6) is 5.75 Å². The molecule has 8 heteroatoms. The van der Waals surface area contributed by atoms with Crippen molar-refractivity contribution in [3.05, 3.63) is 107 Å². The van der Waals surface area contributed by atoms with Crippen LogP contribution in [0.1, 0.15) is 52.0 Å². The minimum absolute atomic E-state index is 0.205. The topological polar surface area (TPSA) is 79.6 Å². The molecule has 0 amide bonds. The van der Waals surface area contributed by atoms with Crippen LogP contribution < -0.4 is 15.0 Å². The third kappa shape index (κ3) is 4.44. The van der Waals surface area contributed by atoms with Gasteiger partial charge in [0.2, 0.25) is 0 Å². The second kappa shape index (κ2) is 10.1. The van der Waals surface area contributed by atoms with E-state index in [1.807, 2.05) is 79.9 Å². The van der Waals surface area contributed by atoms with E-state index in [1.165, 1.54) is 0 Å². The lowest BCUT2D eigenvalue weighted by Gasteiger charge is -2.28. The molecule has 37 heavy (non-hydrogen) atoms. The molecule has 2 aromatic carbocycles. The number of anilines is 1. The Morgan fingerprint density at radius 1 is 1.08 bits per heavy atom. The number of nitrogens with zero attached hydrogens (tertiary/aromatic N) is 3. The standard InChI is InChI=1S/C29H28N4O3S/c1-4-36-21-14-12-20(13-15-21)33-27(26(31-29(33)37)24-10-7-8-16-30-24)23-17-18(2)32(19(23)3)25-11-6-5-9-22(25)28(34)35/h5-17,26-27H,4H2,1-3H3,(H,31,37)(H,34,35)/t26-,27-/m1/s1. The Labute approximate surface area is 221 Å². The quantitative estimate of drug-likeness (QED) is 0.305. The molecule has 0 saturated carbocycles. The zero-order chi connectivity index (χ0) is 26.1. The van der Waals surface area contributed by atoms with Gasteiger partial charge < -0.3 is 24.6 Å². The Morgan fingerprint density at radius 3 is 2.49 bits per heavy atom. The molecule has 7 nitrogen and oxygen atoms in total. The van der Waals surface area contributed by atoms with Crippen molar-refractivity contribution in [3.8, 4) is 11.4 Å². The van der Waals surface area contributed by atoms with Gasteiger partial charge in [0.05, 0.1) is 35.6 Å². The van der Waals surface area contributed by atoms with Crippen molar-refractivity contribution in [2.45, 2.75) is 32.9 Å². The average Bonchev–Trinajstić information content (AvgIpc) is 3.40. The van der Waals surface area contributed by atoms with Crippen molar-refractivity contribution in [3.63, 3.8) is 0 Å². The normalized spacial score (nSPS) is 17.1. The van der Waals surface area contributed by atoms with E-state index in [2.05, 4.69) is 21.3 Å². The highest BCUT2D eigenvalue weighted by Crippen LogP contribution is 2.44. The zero-order valence-corrected chi connectivity index (χ0v) is 21.7. The fourth-order valence-corrected chi connectivity index (χ4v) is 5.47. The fraction of sp³-hybridized carbons (Fsp3) is 0.207. The summed E-state index contributed by atoms with van der Waals surface area (Å²) in [6.45, 7) is 6.57. The number of para-hydroxylation sites is 1. The number of aromatic nitrogens is 2. The number of nitrogens with one attached hydrogen (secondary N) is 1. The molecule has 2 atom stereocenters. The summed E-state index contributed by atoms with van der Waals surface area (Å²) in [5, 5.41) is 13.9. The molecule has 1 aliphatic heterocycles. The Balaban J connectivity index is 1.67. The number of hydrogen-bond acceptors (Lipinski definition) is 4. The Morgan fingerprint density at radius 2 is 1.81 bits per heavy atom. The summed E-state index contributed by atoms with van der Waals surface area (Å²) >= 11 is 5.86. The summed E-state index contributed by atoms with van der Waals surface area (Å²) in [5.74, 6) is -0.165. The van der Waals surface area contributed by atoms with Crippen molar-refractivity contribution in [2.24, 2.45) is 0 Å². The van der Waals surface area contributed by atoms with Crippen LogP contribution in [-0.2, 0) is 0 Å². The van der Waals surface area contributed by atoms with E-state index in [1.54, 1.807) is 18.3 Å². The van der Waals surface area contributed by atoms with Crippen molar-refractivity contribution in [2.75, 3.05) is 11.5 Å². The fourth-order valence-electron chi connectivity index (χ4n) is 5.13. The molecule has 4 aromatic rings. The van der Waals surface area contributed by atoms with Gasteiger partial charge in [-0.25, -0.2) is 4.79 Å². The van der Waals surface area contributed by atoms with Crippen LogP contribution in [0.2, 0.25) is 0 Å². The van der Waals surface area contributed by atoms with Gasteiger partial charge in [-0.2, -0.15) is 0 Å². The maximum atomic E-state index is 12.0. The number of thiocarbonyl (C=S) groups is 1. The van der Waals surface area contributed by atoms with Crippen molar-refractivity contribution in [1.82, 2.24) is 14.9 Å². The van der Waals surface area contributed by atoms with E-state index in [0.717, 1.165) is 34.1 Å². The van der Waals surface area contributed by atoms with Crippen LogP contribution in [0, 0.1) is 13.8 Å². The SMILES string of the molecule is CCOc1ccc(N2C(=S)N[C@H](c3ccccn3)[C@H]2c2cc(C)n(-c3ccccc3C(=O)O)c2C)cc1. The molecular weight excluding hydrogens is 484 g/mol. The maximum absolute atomic E-state index is 12.0. The lowest BCUT2D eigenvalue weighted by atomic mass is 9.96. The number of hydrogen-bond donors (Lipinski definition) is 2. The maximum Gasteiger partial charge on any atom is 0.337 e. The summed E-state index contributed by atoms with van der Waals surface area (Å²) in [4.78, 5) is 18.8. The number of aryl methyl sites for hydroxylation is 1. The molecule has 1 fully saturated rings. The monoisotopic (exact) mass is 512 g/mol. The van der Waals surface area contributed by atoms with Gasteiger partial charge in [-0.3, -0.25) is 4.98 Å². The van der Waals surface area contributed by atoms with E-state index in [4.69, 9.17) is 17.0 Å². The van der Waals surface area contributed by atoms with Crippen molar-refractivity contribution < 1.29 is 14.6 Å². The number of carbonyl (C=O) groups is 1. The van der Waals surface area contributed by atoms with Gasteiger partial charge in [0.1, 0.15) is 5.75 Å². The molecule has 0 unspecified atom stereocenters. The number of aromatic carboxylic acids is 1. The molecule has 3 heterocycles. The van der Waals surface area contributed by atoms with E-state index in [-0.39, 0.29) is 17.6 Å². The van der Waals surface area contributed by atoms with Crippen molar-refractivity contribution in [1.29, 1.82) is 0 Å². The predicted octanol–water partition coefficient (Wildman–Crippen LogP) is 5.76. The molecular formula is C29H28N4O3S. The Hall–Kier alpha value is -4.17. The van der Waals surface area contributed by atoms with E-state index in [0.29, 0.717) is 17.4 Å². The molecule has 0 radical (unpaired) electrons. The van der Waals surface area contributed by atoms with Gasteiger partial charge in [-0.05, 0) is 93.1 Å². The largest absolute Gasteiger partial charge is 0.494 e. The van der Waals surface area contributed by atoms with Gasteiger partial charge >= 0.3 is 5.97 Å². The molecule has 2 N–H and O–H groups in total. The second-order valence-electron chi connectivity index (χ2n) is 8.91. The number of carboxylic acid groups (broad SMARTS) is 1. The molecule has 0 aliphatic carbocycles. The first-order valence-corrected chi connectivity index (χ1v) is 12.6. The first kappa shape index (κ1) is 24.5. The highest BCUT2D eigenvalue weighted by molar-refractivity contribution is 7.80. The third-order valence-corrected chi connectivity index (χ3v) is 7.00. The van der Waals surface area contributed by atoms with Gasteiger partial charge in [0.15, 0.2) is 5.11 Å². The number of carboxylic acids is 1. The predicted molar refractivity (Wildman–Crippen MR) is 148 cm³/mol. The van der Waals surface area contributed by atoms with Crippen molar-refractivity contribution >= 4 is 29.0 Å². The minimum Gasteiger partial charge on any atom is -0.494 e. The molecule has 0 bridgehead atoms. The summed E-state index contributed by atoms with van der Waals surface area (Å²) in [6.07, 6.45) is 1.78. The number of rotatable bonds is 7. The van der Waals surface area contributed by atoms with Crippen LogP contribution in [0.25, 0.3) is 5.69 Å². The molecule has 5 rings (SSSR count). The van der Waals surface area contributed by atoms with Gasteiger partial charge in [-0.15, -0.1) is 0 Å². The minimum atomic E-state index is -0.962. The lowest BCUT2D eigenvalue weighted by molar-refractivity contribution is 0.0697. The molecule has 1 saturated heterocycles. The highest BCUT2D eigenvalue weighted by Gasteiger charge is 2.42. The van der Waals surface area contributed by atoms with E-state index >= 15 is 0 Å². The molecule has 0 spiro atoms. The molecule has 1 aliphatic rings. The average molecular weight is 513 g/mol. The first-order valence-electron chi connectivity index (χ1n) is 12.2. The lowest BCUT2D eigenvalue weighted by Crippen LogP contribution is -2.29. The van der Waals surface area contributed by atoms with Crippen LogP contribution in [-0.4, -0.2) is 32.3 Å². The highest BCUT2D eigenvalue weighted by atomic mass is 32.1. The number of pyridine rings is 1. The number of benzene rings is 2. The Kier molecular flexibility index (Phi) is 6.67. The van der Waals surface area contributed by atoms with Gasteiger partial charge in [-0.1, -0.05) is 18.2 Å². The second-order valence-corrected chi connectivity index (χ2v) is 9.29. The van der Waals surface area contributed by atoms with Gasteiger partial charge in [0.25, 0.3) is 0 Å². The first-order chi connectivity index (χ1) is 17.9. The van der Waals surface area contributed by atoms with Crippen LogP contribution >= 0.6 is 12.2 Å². The zero-order valence-electron chi connectivity index (χ0n) is 20.9. The van der Waals surface area contributed by atoms with Crippen LogP contribution in [0.15, 0.2) is 79.0 Å². The molecule has 2 aromatic heterocycles. The van der Waals surface area contributed by atoms with Crippen LogP contribution in [0.3, 0.4) is 0 Å². The molecule has 188 valence electrons. The summed E-state index contributed by atoms with van der Waals surface area (Å²) < 4.78 is 7.65. The summed E-state index contributed by atoms with van der Waals surface area (Å²) in [6, 6.07) is 22.5. The summed E-state index contributed by atoms with van der Waals surface area (Å²) in [7, 11) is 0. The van der Waals surface area contributed by atoms with Gasteiger partial charge in [0, 0.05) is 23.3 Å². The van der Waals surface area contributed by atoms with Crippen LogP contribution in [0.4, 0.5) is 5.69 Å². The number of ether oxygens (including phenoxy) is 1. The Bertz CT molecular complexity index is 1450. The third-order valence-electron chi connectivity index (χ3n) is 6.69.